The van der Waals surface area contributed by atoms with Gasteiger partial charge in [0.25, 0.3) is 5.91 Å². The standard InChI is InChI=1S/C27H25ClN4O5/c1-16-6-8-17(9-7-16)21(14-23(33)34)30-27(36)19-10-11-32-22(13-19)31-25(18-4-3-5-20(28)12-18)26(32)29-15-24(35)37-2/h3-13,21,29H,14-15H2,1-2H3,(H,30,36)(H,33,34). The molecule has 10 heteroatoms. The van der Waals surface area contributed by atoms with Crippen LogP contribution in [-0.2, 0) is 14.3 Å². The first-order valence-electron chi connectivity index (χ1n) is 11.4. The summed E-state index contributed by atoms with van der Waals surface area (Å²) in [6.45, 7) is 1.84. The number of aryl methyl sites for hydroxylation is 1. The molecule has 4 rings (SSSR count). The van der Waals surface area contributed by atoms with E-state index in [1.54, 1.807) is 53.1 Å². The summed E-state index contributed by atoms with van der Waals surface area (Å²) in [7, 11) is 1.30. The van der Waals surface area contributed by atoms with Gasteiger partial charge < -0.3 is 20.5 Å². The van der Waals surface area contributed by atoms with E-state index >= 15 is 0 Å². The smallest absolute Gasteiger partial charge is 0.325 e. The topological polar surface area (TPSA) is 122 Å². The number of rotatable bonds is 9. The molecule has 2 aromatic heterocycles. The molecule has 0 fully saturated rings. The summed E-state index contributed by atoms with van der Waals surface area (Å²) in [6, 6.07) is 16.9. The van der Waals surface area contributed by atoms with E-state index < -0.39 is 23.9 Å². The summed E-state index contributed by atoms with van der Waals surface area (Å²) >= 11 is 6.18. The van der Waals surface area contributed by atoms with Crippen molar-refractivity contribution in [1.82, 2.24) is 14.7 Å². The Balaban J connectivity index is 1.68. The van der Waals surface area contributed by atoms with Crippen molar-refractivity contribution in [3.05, 3.63) is 88.6 Å². The lowest BCUT2D eigenvalue weighted by Crippen LogP contribution is -2.30. The van der Waals surface area contributed by atoms with Crippen LogP contribution in [0.1, 0.15) is 33.9 Å². The summed E-state index contributed by atoms with van der Waals surface area (Å²) < 4.78 is 6.45. The number of halogens is 1. The highest BCUT2D eigenvalue weighted by atomic mass is 35.5. The Bertz CT molecular complexity index is 1470. The molecule has 2 heterocycles. The SMILES string of the molecule is COC(=O)CNc1c(-c2cccc(Cl)c2)nc2cc(C(=O)NC(CC(=O)O)c3ccc(C)cc3)ccn12. The summed E-state index contributed by atoms with van der Waals surface area (Å²) in [5.74, 6) is -1.39. The van der Waals surface area contributed by atoms with E-state index in [1.165, 1.54) is 7.11 Å². The maximum absolute atomic E-state index is 13.1. The zero-order valence-corrected chi connectivity index (χ0v) is 21.0. The number of pyridine rings is 1. The zero-order chi connectivity index (χ0) is 26.5. The number of fused-ring (bicyclic) bond motifs is 1. The molecule has 2 aromatic carbocycles. The molecule has 0 saturated heterocycles. The molecule has 9 nitrogen and oxygen atoms in total. The fraction of sp³-hybridized carbons (Fsp3) is 0.185. The third kappa shape index (κ3) is 6.07. The van der Waals surface area contributed by atoms with Crippen LogP contribution in [0.15, 0.2) is 66.9 Å². The molecule has 0 aliphatic heterocycles. The van der Waals surface area contributed by atoms with Crippen LogP contribution in [0.5, 0.6) is 0 Å². The van der Waals surface area contributed by atoms with E-state index in [0.29, 0.717) is 33.3 Å². The van der Waals surface area contributed by atoms with E-state index in [0.717, 1.165) is 11.1 Å². The van der Waals surface area contributed by atoms with E-state index in [4.69, 9.17) is 16.3 Å². The minimum atomic E-state index is -1.03. The van der Waals surface area contributed by atoms with E-state index in [-0.39, 0.29) is 13.0 Å². The van der Waals surface area contributed by atoms with Gasteiger partial charge in [0.05, 0.1) is 19.6 Å². The second-order valence-electron chi connectivity index (χ2n) is 8.43. The Morgan fingerprint density at radius 3 is 2.54 bits per heavy atom. The summed E-state index contributed by atoms with van der Waals surface area (Å²) in [6.07, 6.45) is 1.39. The number of methoxy groups -OCH3 is 1. The molecule has 3 N–H and O–H groups in total. The van der Waals surface area contributed by atoms with E-state index in [1.807, 2.05) is 25.1 Å². The van der Waals surface area contributed by atoms with Gasteiger partial charge in [0, 0.05) is 22.3 Å². The lowest BCUT2D eigenvalue weighted by molar-refractivity contribution is -0.139. The number of imidazole rings is 1. The van der Waals surface area contributed by atoms with Crippen LogP contribution in [0.25, 0.3) is 16.9 Å². The van der Waals surface area contributed by atoms with Gasteiger partial charge >= 0.3 is 11.9 Å². The third-order valence-electron chi connectivity index (χ3n) is 5.78. The number of aromatic nitrogens is 2. The number of nitrogens with one attached hydrogen (secondary N) is 2. The third-order valence-corrected chi connectivity index (χ3v) is 6.01. The van der Waals surface area contributed by atoms with Crippen LogP contribution < -0.4 is 10.6 Å². The van der Waals surface area contributed by atoms with Crippen molar-refractivity contribution in [2.75, 3.05) is 19.0 Å². The predicted octanol–water partition coefficient (Wildman–Crippen LogP) is 4.49. The lowest BCUT2D eigenvalue weighted by atomic mass is 10.0. The highest BCUT2D eigenvalue weighted by molar-refractivity contribution is 6.30. The second-order valence-corrected chi connectivity index (χ2v) is 8.86. The molecular weight excluding hydrogens is 496 g/mol. The molecule has 1 atom stereocenters. The lowest BCUT2D eigenvalue weighted by Gasteiger charge is -2.18. The molecule has 1 amide bonds. The molecule has 0 spiro atoms. The van der Waals surface area contributed by atoms with Crippen LogP contribution in [0, 0.1) is 6.92 Å². The summed E-state index contributed by atoms with van der Waals surface area (Å²) in [4.78, 5) is 41.1. The summed E-state index contributed by atoms with van der Waals surface area (Å²) in [5.41, 5.74) is 3.72. The van der Waals surface area contributed by atoms with Gasteiger partial charge in [-0.15, -0.1) is 0 Å². The van der Waals surface area contributed by atoms with Gasteiger partial charge in [0.1, 0.15) is 23.7 Å². The molecule has 37 heavy (non-hydrogen) atoms. The van der Waals surface area contributed by atoms with Gasteiger partial charge in [-0.1, -0.05) is 53.6 Å². The molecule has 0 bridgehead atoms. The number of carboxylic acid groups (broad SMARTS) is 1. The van der Waals surface area contributed by atoms with Crippen molar-refractivity contribution in [3.63, 3.8) is 0 Å². The Labute approximate surface area is 218 Å². The average molecular weight is 521 g/mol. The maximum Gasteiger partial charge on any atom is 0.325 e. The Morgan fingerprint density at radius 1 is 1.11 bits per heavy atom. The Hall–Kier alpha value is -4.37. The maximum atomic E-state index is 13.1. The zero-order valence-electron chi connectivity index (χ0n) is 20.2. The number of nitrogens with zero attached hydrogens (tertiary/aromatic N) is 2. The number of hydrogen-bond donors (Lipinski definition) is 3. The van der Waals surface area contributed by atoms with Gasteiger partial charge in [0.2, 0.25) is 0 Å². The minimum Gasteiger partial charge on any atom is -0.481 e. The molecule has 4 aromatic rings. The Morgan fingerprint density at radius 2 is 1.86 bits per heavy atom. The molecule has 190 valence electrons. The van der Waals surface area contributed by atoms with Crippen molar-refractivity contribution in [3.8, 4) is 11.3 Å². The minimum absolute atomic E-state index is 0.0898. The van der Waals surface area contributed by atoms with Crippen LogP contribution in [-0.4, -0.2) is 46.0 Å². The number of carbonyl (C=O) groups is 3. The number of aliphatic carboxylic acids is 1. The fourth-order valence-corrected chi connectivity index (χ4v) is 4.08. The van der Waals surface area contributed by atoms with Crippen molar-refractivity contribution in [2.24, 2.45) is 0 Å². The van der Waals surface area contributed by atoms with E-state index in [2.05, 4.69) is 15.6 Å². The quantitative estimate of drug-likeness (QED) is 0.278. The largest absolute Gasteiger partial charge is 0.481 e. The highest BCUT2D eigenvalue weighted by Gasteiger charge is 2.21. The molecular formula is C27H25ClN4O5. The number of carboxylic acids is 1. The number of anilines is 1. The number of ether oxygens (including phenoxy) is 1. The van der Waals surface area contributed by atoms with Crippen molar-refractivity contribution >= 4 is 40.9 Å². The van der Waals surface area contributed by atoms with Gasteiger partial charge in [-0.2, -0.15) is 0 Å². The van der Waals surface area contributed by atoms with Gasteiger partial charge in [-0.25, -0.2) is 4.98 Å². The molecule has 0 radical (unpaired) electrons. The first-order valence-corrected chi connectivity index (χ1v) is 11.8. The average Bonchev–Trinajstić information content (AvgIpc) is 3.24. The van der Waals surface area contributed by atoms with Crippen LogP contribution in [0.4, 0.5) is 5.82 Å². The normalized spacial score (nSPS) is 11.6. The highest BCUT2D eigenvalue weighted by Crippen LogP contribution is 2.31. The van der Waals surface area contributed by atoms with Crippen LogP contribution in [0.2, 0.25) is 5.02 Å². The summed E-state index contributed by atoms with van der Waals surface area (Å²) in [5, 5.41) is 15.8. The fourth-order valence-electron chi connectivity index (χ4n) is 3.89. The van der Waals surface area contributed by atoms with Gasteiger partial charge in [0.15, 0.2) is 0 Å². The molecule has 0 saturated carbocycles. The number of carbonyl (C=O) groups excluding carboxylic acids is 2. The number of esters is 1. The van der Waals surface area contributed by atoms with Crippen molar-refractivity contribution in [2.45, 2.75) is 19.4 Å². The number of hydrogen-bond acceptors (Lipinski definition) is 6. The number of amides is 1. The predicted molar refractivity (Wildman–Crippen MR) is 140 cm³/mol. The monoisotopic (exact) mass is 520 g/mol. The molecule has 0 aliphatic rings. The van der Waals surface area contributed by atoms with E-state index in [9.17, 15) is 19.5 Å². The van der Waals surface area contributed by atoms with Gasteiger partial charge in [-0.05, 0) is 36.8 Å². The van der Waals surface area contributed by atoms with Crippen molar-refractivity contribution < 1.29 is 24.2 Å². The van der Waals surface area contributed by atoms with Crippen LogP contribution in [0.3, 0.4) is 0 Å². The number of benzene rings is 2. The first-order chi connectivity index (χ1) is 17.7. The Kier molecular flexibility index (Phi) is 7.74. The van der Waals surface area contributed by atoms with Gasteiger partial charge in [-0.3, -0.25) is 18.8 Å². The van der Waals surface area contributed by atoms with Crippen molar-refractivity contribution in [1.29, 1.82) is 0 Å². The van der Waals surface area contributed by atoms with Crippen LogP contribution >= 0.6 is 11.6 Å². The second kappa shape index (κ2) is 11.1. The molecule has 1 unspecified atom stereocenters. The molecule has 0 aliphatic carbocycles. The first kappa shape index (κ1) is 25.7.